The molecule has 1 fully saturated rings. The van der Waals surface area contributed by atoms with E-state index in [9.17, 15) is 14.7 Å². The van der Waals surface area contributed by atoms with Gasteiger partial charge in [0.15, 0.2) is 0 Å². The van der Waals surface area contributed by atoms with E-state index in [2.05, 4.69) is 36.8 Å². The quantitative estimate of drug-likeness (QED) is 0.456. The first kappa shape index (κ1) is 20.9. The molecule has 2 unspecified atom stereocenters. The Bertz CT molecular complexity index is 978. The van der Waals surface area contributed by atoms with Gasteiger partial charge in [0.1, 0.15) is 0 Å². The van der Waals surface area contributed by atoms with Crippen LogP contribution in [0.5, 0.6) is 0 Å². The number of aliphatic hydroxyl groups is 1. The molecule has 1 saturated heterocycles. The Hall–Kier alpha value is -1.81. The van der Waals surface area contributed by atoms with E-state index < -0.39 is 6.10 Å². The number of nitrogens with one attached hydrogen (secondary N) is 2. The van der Waals surface area contributed by atoms with Crippen LogP contribution in [0.1, 0.15) is 26.2 Å². The first-order chi connectivity index (χ1) is 13.3. The number of hydrazone groups is 1. The summed E-state index contributed by atoms with van der Waals surface area (Å²) >= 11 is 9.44. The lowest BCUT2D eigenvalue weighted by atomic mass is 9.96. The van der Waals surface area contributed by atoms with Crippen LogP contribution in [0.2, 0.25) is 5.02 Å². The number of carbonyl (C=O) groups is 1. The molecule has 0 aliphatic carbocycles. The van der Waals surface area contributed by atoms with Crippen LogP contribution < -0.4 is 16.3 Å². The van der Waals surface area contributed by atoms with Crippen molar-refractivity contribution in [3.05, 3.63) is 38.3 Å². The van der Waals surface area contributed by atoms with E-state index in [4.69, 9.17) is 11.6 Å². The second-order valence-corrected chi connectivity index (χ2v) is 8.04. The third kappa shape index (κ3) is 4.96. The average molecular weight is 471 g/mol. The minimum absolute atomic E-state index is 0.140. The zero-order valence-corrected chi connectivity index (χ0v) is 17.6. The van der Waals surface area contributed by atoms with E-state index in [1.165, 1.54) is 17.8 Å². The van der Waals surface area contributed by atoms with Crippen LogP contribution >= 0.6 is 27.5 Å². The normalized spacial score (nSPS) is 20.4. The van der Waals surface area contributed by atoms with E-state index in [1.54, 1.807) is 12.1 Å². The Balaban J connectivity index is 1.90. The summed E-state index contributed by atoms with van der Waals surface area (Å²) < 4.78 is 2.08. The maximum absolute atomic E-state index is 12.9. The van der Waals surface area contributed by atoms with Gasteiger partial charge < -0.3 is 10.4 Å². The zero-order chi connectivity index (χ0) is 20.3. The number of hydrogen-bond acceptors (Lipinski definition) is 6. The van der Waals surface area contributed by atoms with Crippen molar-refractivity contribution in [2.75, 3.05) is 6.54 Å². The highest BCUT2D eigenvalue weighted by atomic mass is 79.9. The molecular formula is C18H21BrClN5O3. The minimum Gasteiger partial charge on any atom is -0.391 e. The third-order valence-corrected chi connectivity index (χ3v) is 5.79. The molecule has 2 heterocycles. The van der Waals surface area contributed by atoms with Crippen LogP contribution in [0.3, 0.4) is 0 Å². The summed E-state index contributed by atoms with van der Waals surface area (Å²) in [4.78, 5) is 28.5. The maximum atomic E-state index is 12.9. The predicted molar refractivity (Wildman–Crippen MR) is 112 cm³/mol. The molecule has 0 radical (unpaired) electrons. The van der Waals surface area contributed by atoms with Crippen LogP contribution in [0.25, 0.3) is 10.9 Å². The molecule has 1 aromatic carbocycles. The monoisotopic (exact) mass is 469 g/mol. The van der Waals surface area contributed by atoms with Crippen molar-refractivity contribution >= 4 is 50.1 Å². The van der Waals surface area contributed by atoms with Crippen molar-refractivity contribution in [2.24, 2.45) is 5.10 Å². The molecule has 2 atom stereocenters. The van der Waals surface area contributed by atoms with E-state index in [0.717, 1.165) is 13.0 Å². The van der Waals surface area contributed by atoms with Gasteiger partial charge in [0.25, 0.3) is 5.56 Å². The third-order valence-electron chi connectivity index (χ3n) is 4.59. The first-order valence-electron chi connectivity index (χ1n) is 8.93. The van der Waals surface area contributed by atoms with Crippen molar-refractivity contribution in [1.82, 2.24) is 20.3 Å². The fraction of sp³-hybridized carbons (Fsp3) is 0.444. The highest BCUT2D eigenvalue weighted by molar-refractivity contribution is 9.10. The van der Waals surface area contributed by atoms with Crippen LogP contribution in [0, 0.1) is 0 Å². The number of amides is 1. The van der Waals surface area contributed by atoms with E-state index in [-0.39, 0.29) is 24.1 Å². The fourth-order valence-electron chi connectivity index (χ4n) is 3.16. The summed E-state index contributed by atoms with van der Waals surface area (Å²) in [5.41, 5.74) is 3.25. The zero-order valence-electron chi connectivity index (χ0n) is 15.3. The van der Waals surface area contributed by atoms with Gasteiger partial charge >= 0.3 is 0 Å². The van der Waals surface area contributed by atoms with E-state index in [1.807, 2.05) is 0 Å². The topological polar surface area (TPSA) is 109 Å². The van der Waals surface area contributed by atoms with Gasteiger partial charge in [-0.1, -0.05) is 11.6 Å². The maximum Gasteiger partial charge on any atom is 0.261 e. The summed E-state index contributed by atoms with van der Waals surface area (Å²) in [7, 11) is 0. The molecule has 0 saturated carbocycles. The number of fused-ring (bicyclic) bond motifs is 1. The second kappa shape index (κ2) is 9.13. The van der Waals surface area contributed by atoms with Gasteiger partial charge in [-0.25, -0.2) is 10.4 Å². The van der Waals surface area contributed by atoms with E-state index in [0.29, 0.717) is 39.0 Å². The number of rotatable bonds is 5. The van der Waals surface area contributed by atoms with Gasteiger partial charge in [0.2, 0.25) is 5.91 Å². The van der Waals surface area contributed by atoms with Crippen molar-refractivity contribution in [3.63, 3.8) is 0 Å². The van der Waals surface area contributed by atoms with Crippen LogP contribution in [-0.4, -0.2) is 45.0 Å². The average Bonchev–Trinajstić information content (AvgIpc) is 2.65. The molecule has 1 amide bonds. The molecule has 1 aromatic heterocycles. The first-order valence-corrected chi connectivity index (χ1v) is 10.1. The molecule has 10 heteroatoms. The molecule has 3 N–H and O–H groups in total. The van der Waals surface area contributed by atoms with Crippen molar-refractivity contribution < 1.29 is 9.90 Å². The van der Waals surface area contributed by atoms with Gasteiger partial charge in [0.05, 0.1) is 40.6 Å². The smallest absolute Gasteiger partial charge is 0.261 e. The Labute approximate surface area is 175 Å². The molecule has 0 bridgehead atoms. The summed E-state index contributed by atoms with van der Waals surface area (Å²) in [5, 5.41) is 18.4. The number of benzene rings is 1. The number of aliphatic hydroxyl groups excluding tert-OH is 1. The molecule has 2 aromatic rings. The molecule has 8 nitrogen and oxygen atoms in total. The Morgan fingerprint density at radius 3 is 3.04 bits per heavy atom. The fourth-order valence-corrected chi connectivity index (χ4v) is 3.66. The van der Waals surface area contributed by atoms with Crippen LogP contribution in [0.4, 0.5) is 0 Å². The Morgan fingerprint density at radius 1 is 1.54 bits per heavy atom. The highest BCUT2D eigenvalue weighted by Crippen LogP contribution is 2.25. The predicted octanol–water partition coefficient (Wildman–Crippen LogP) is 1.81. The van der Waals surface area contributed by atoms with Crippen LogP contribution in [0.15, 0.2) is 32.8 Å². The summed E-state index contributed by atoms with van der Waals surface area (Å²) in [6.07, 6.45) is 2.95. The standard InChI is InChI=1S/C18H21BrClN5O3/c1-10(26)23-24-11(5-16-17(27)3-2-4-21-16)8-25-9-22-15-7-13(19)14(20)6-12(15)18(25)28/h6-7,9,16-17,21,27H,2-5,8H2,1H3,(H,23,26). The number of nitrogens with zero attached hydrogens (tertiary/aromatic N) is 3. The lowest BCUT2D eigenvalue weighted by Crippen LogP contribution is -2.46. The molecule has 28 heavy (non-hydrogen) atoms. The number of aromatic nitrogens is 2. The highest BCUT2D eigenvalue weighted by Gasteiger charge is 2.24. The molecule has 1 aliphatic heterocycles. The lowest BCUT2D eigenvalue weighted by Gasteiger charge is -2.29. The van der Waals surface area contributed by atoms with Gasteiger partial charge in [-0.05, 0) is 47.4 Å². The Morgan fingerprint density at radius 2 is 2.32 bits per heavy atom. The van der Waals surface area contributed by atoms with Crippen molar-refractivity contribution in [2.45, 2.75) is 44.9 Å². The second-order valence-electron chi connectivity index (χ2n) is 6.78. The van der Waals surface area contributed by atoms with Crippen molar-refractivity contribution in [3.8, 4) is 0 Å². The van der Waals surface area contributed by atoms with Gasteiger partial charge in [-0.15, -0.1) is 0 Å². The number of piperidine rings is 1. The van der Waals surface area contributed by atoms with Gasteiger partial charge in [-0.2, -0.15) is 5.10 Å². The molecule has 0 spiro atoms. The van der Waals surface area contributed by atoms with Crippen molar-refractivity contribution in [1.29, 1.82) is 0 Å². The number of hydrogen-bond donors (Lipinski definition) is 3. The molecule has 150 valence electrons. The Kier molecular flexibility index (Phi) is 6.82. The molecular weight excluding hydrogens is 450 g/mol. The summed E-state index contributed by atoms with van der Waals surface area (Å²) in [6.45, 7) is 2.30. The molecule has 1 aliphatic rings. The molecule has 3 rings (SSSR count). The van der Waals surface area contributed by atoms with Gasteiger partial charge in [0, 0.05) is 23.9 Å². The minimum atomic E-state index is -0.501. The van der Waals surface area contributed by atoms with Gasteiger partial charge in [-0.3, -0.25) is 14.2 Å². The van der Waals surface area contributed by atoms with Crippen LogP contribution in [-0.2, 0) is 11.3 Å². The summed E-state index contributed by atoms with van der Waals surface area (Å²) in [6, 6.07) is 3.08. The van der Waals surface area contributed by atoms with E-state index >= 15 is 0 Å². The number of carbonyl (C=O) groups excluding carboxylic acids is 1. The summed E-state index contributed by atoms with van der Waals surface area (Å²) in [5.74, 6) is -0.310. The largest absolute Gasteiger partial charge is 0.391 e. The SMILES string of the molecule is CC(=O)NN=C(CC1NCCCC1O)Cn1cnc2cc(Br)c(Cl)cc2c1=O. The number of halogens is 2. The lowest BCUT2D eigenvalue weighted by molar-refractivity contribution is -0.118.